The highest BCUT2D eigenvalue weighted by atomic mass is 32.2. The zero-order valence-electron chi connectivity index (χ0n) is 3.94. The average molecular weight is 130 g/mol. The molecule has 0 fully saturated rings. The second-order valence-electron chi connectivity index (χ2n) is 1.12. The van der Waals surface area contributed by atoms with Crippen LogP contribution in [0.15, 0.2) is 11.6 Å². The summed E-state index contributed by atoms with van der Waals surface area (Å²) in [5.74, 6) is 0. The first kappa shape index (κ1) is 5.17. The summed E-state index contributed by atoms with van der Waals surface area (Å²) in [4.78, 5) is 10.2. The Labute approximate surface area is 48.5 Å². The Bertz CT molecular complexity index is 182. The molecule has 0 saturated carbocycles. The summed E-state index contributed by atoms with van der Waals surface area (Å²) in [6.45, 7) is 0. The first-order valence-electron chi connectivity index (χ1n) is 1.91. The molecular formula is C3H4N3OS+. The number of rotatable bonds is 1. The number of amides is 1. The third kappa shape index (κ3) is 0.812. The van der Waals surface area contributed by atoms with E-state index < -0.39 is 15.9 Å². The molecule has 0 saturated heterocycles. The molecule has 1 atom stereocenters. The largest absolute Gasteiger partial charge is 0.478 e. The number of aromatic nitrogens is 2. The van der Waals surface area contributed by atoms with Gasteiger partial charge in [0.05, 0.1) is 4.49 Å². The Morgan fingerprint density at radius 3 is 2.75 bits per heavy atom. The second-order valence-corrected chi connectivity index (χ2v) is 2.58. The van der Waals surface area contributed by atoms with Crippen LogP contribution in [0.4, 0.5) is 4.79 Å². The molecule has 0 aliphatic carbocycles. The van der Waals surface area contributed by atoms with Crippen LogP contribution in [-0.2, 0) is 0 Å². The van der Waals surface area contributed by atoms with E-state index in [4.69, 9.17) is 5.73 Å². The highest BCUT2D eigenvalue weighted by Gasteiger charge is 2.12. The monoisotopic (exact) mass is 130 g/mol. The number of hydrogen-bond donors (Lipinski definition) is 1. The van der Waals surface area contributed by atoms with Gasteiger partial charge in [-0.3, -0.25) is 0 Å². The number of hydrogen-bond acceptors (Lipinski definition) is 3. The summed E-state index contributed by atoms with van der Waals surface area (Å²) >= 11 is 0. The molecule has 1 unspecified atom stereocenters. The number of primary amides is 1. The minimum absolute atomic E-state index is 0.428. The van der Waals surface area contributed by atoms with Crippen molar-refractivity contribution >= 4 is 15.9 Å². The molecule has 1 rings (SSSR count). The summed E-state index contributed by atoms with van der Waals surface area (Å²) < 4.78 is 3.50. The summed E-state index contributed by atoms with van der Waals surface area (Å²) in [5, 5.41) is 4.59. The van der Waals surface area contributed by atoms with E-state index in [9.17, 15) is 4.79 Å². The van der Waals surface area contributed by atoms with E-state index in [1.165, 1.54) is 6.20 Å². The van der Waals surface area contributed by atoms with E-state index in [-0.39, 0.29) is 0 Å². The molecule has 0 aliphatic rings. The molecule has 0 bridgehead atoms. The van der Waals surface area contributed by atoms with Gasteiger partial charge in [-0.25, -0.2) is 4.79 Å². The van der Waals surface area contributed by atoms with Gasteiger partial charge in [0.15, 0.2) is 5.38 Å². The average Bonchev–Trinajstić information content (AvgIpc) is 2.12. The van der Waals surface area contributed by atoms with E-state index in [2.05, 4.69) is 9.59 Å². The van der Waals surface area contributed by atoms with Crippen molar-refractivity contribution < 1.29 is 4.79 Å². The molecule has 1 aromatic rings. The molecular weight excluding hydrogens is 126 g/mol. The quantitative estimate of drug-likeness (QED) is 0.550. The van der Waals surface area contributed by atoms with E-state index in [0.717, 1.165) is 0 Å². The van der Waals surface area contributed by atoms with Crippen LogP contribution in [-0.4, -0.2) is 14.8 Å². The van der Waals surface area contributed by atoms with Crippen molar-refractivity contribution in [3.05, 3.63) is 11.6 Å². The van der Waals surface area contributed by atoms with Crippen LogP contribution in [0.25, 0.3) is 0 Å². The lowest BCUT2D eigenvalue weighted by Gasteiger charge is -1.65. The van der Waals surface area contributed by atoms with Crippen LogP contribution >= 0.6 is 10.7 Å². The lowest BCUT2D eigenvalue weighted by Crippen LogP contribution is -2.02. The van der Waals surface area contributed by atoms with Crippen molar-refractivity contribution in [1.29, 1.82) is 0 Å². The Kier molecular flexibility index (Phi) is 1.21. The fourth-order valence-corrected chi connectivity index (χ4v) is 0.892. The SMILES string of the molecule is NC(=O)[s+]1ccnn1. The maximum atomic E-state index is 10.2. The molecule has 42 valence electrons. The van der Waals surface area contributed by atoms with Crippen LogP contribution in [0.5, 0.6) is 0 Å². The summed E-state index contributed by atoms with van der Waals surface area (Å²) in [5.41, 5.74) is 4.87. The Morgan fingerprint density at radius 2 is 2.50 bits per heavy atom. The van der Waals surface area contributed by atoms with Crippen LogP contribution in [0, 0.1) is 0 Å². The van der Waals surface area contributed by atoms with Gasteiger partial charge in [-0.05, 0) is 0 Å². The molecule has 0 aromatic carbocycles. The number of nitrogens with zero attached hydrogens (tertiary/aromatic N) is 2. The van der Waals surface area contributed by atoms with Crippen molar-refractivity contribution in [2.24, 2.45) is 5.73 Å². The predicted octanol–water partition coefficient (Wildman–Crippen LogP) is 0.153. The zero-order valence-corrected chi connectivity index (χ0v) is 4.76. The van der Waals surface area contributed by atoms with Crippen LogP contribution in [0.1, 0.15) is 0 Å². The molecule has 4 nitrogen and oxygen atoms in total. The topological polar surface area (TPSA) is 68.9 Å². The molecule has 8 heavy (non-hydrogen) atoms. The molecule has 1 heterocycles. The van der Waals surface area contributed by atoms with E-state index in [1.54, 1.807) is 5.38 Å². The lowest BCUT2D eigenvalue weighted by molar-refractivity contribution is 0.266. The van der Waals surface area contributed by atoms with E-state index in [0.29, 0.717) is 0 Å². The first-order chi connectivity index (χ1) is 3.80. The van der Waals surface area contributed by atoms with Gasteiger partial charge in [0.2, 0.25) is 10.7 Å². The van der Waals surface area contributed by atoms with Crippen molar-refractivity contribution in [1.82, 2.24) is 9.59 Å². The van der Waals surface area contributed by atoms with Gasteiger partial charge in [0.25, 0.3) is 0 Å². The molecule has 0 aliphatic heterocycles. The second kappa shape index (κ2) is 1.87. The molecule has 5 heteroatoms. The fraction of sp³-hybridized carbons (Fsp3) is 0. The number of carbonyl (C=O) groups excluding carboxylic acids is 1. The van der Waals surface area contributed by atoms with E-state index in [1.807, 2.05) is 0 Å². The molecule has 1 aromatic heterocycles. The lowest BCUT2D eigenvalue weighted by atomic mass is 11.1. The maximum Gasteiger partial charge on any atom is 0.478 e. The molecule has 2 N–H and O–H groups in total. The minimum atomic E-state index is -0.762. The van der Waals surface area contributed by atoms with Crippen molar-refractivity contribution in [2.45, 2.75) is 0 Å². The van der Waals surface area contributed by atoms with Gasteiger partial charge in [-0.15, -0.1) is 5.10 Å². The predicted molar refractivity (Wildman–Crippen MR) is 29.5 cm³/mol. The van der Waals surface area contributed by atoms with Crippen LogP contribution < -0.4 is 5.73 Å². The standard InChI is InChI=1S/C3H3N3OS/c4-3(7)8-2-1-5-6-8/h1-2H,(H-,4,7)/p+1. The zero-order chi connectivity index (χ0) is 5.98. The molecule has 1 amide bonds. The third-order valence-corrected chi connectivity index (χ3v) is 1.66. The highest BCUT2D eigenvalue weighted by molar-refractivity contribution is 7.45. The van der Waals surface area contributed by atoms with Crippen LogP contribution in [0.2, 0.25) is 0 Å². The highest BCUT2D eigenvalue weighted by Crippen LogP contribution is 2.06. The first-order valence-corrected chi connectivity index (χ1v) is 3.15. The van der Waals surface area contributed by atoms with Crippen LogP contribution in [0.3, 0.4) is 0 Å². The summed E-state index contributed by atoms with van der Waals surface area (Å²) in [7, 11) is -0.762. The Balaban J connectivity index is 2.93. The number of carbonyl (C=O) groups is 1. The van der Waals surface area contributed by atoms with Gasteiger partial charge in [0, 0.05) is 0 Å². The maximum absolute atomic E-state index is 10.2. The molecule has 0 spiro atoms. The smallest absolute Gasteiger partial charge is 0.318 e. The fourth-order valence-electron chi connectivity index (χ4n) is 0.297. The van der Waals surface area contributed by atoms with Gasteiger partial charge in [-0.1, -0.05) is 0 Å². The van der Waals surface area contributed by atoms with Crippen molar-refractivity contribution in [3.8, 4) is 0 Å². The molecule has 0 radical (unpaired) electrons. The third-order valence-electron chi connectivity index (χ3n) is 0.598. The van der Waals surface area contributed by atoms with Gasteiger partial charge >= 0.3 is 5.24 Å². The van der Waals surface area contributed by atoms with Crippen molar-refractivity contribution in [2.75, 3.05) is 0 Å². The summed E-state index contributed by atoms with van der Waals surface area (Å²) in [6, 6.07) is 0. The number of nitrogens with two attached hydrogens (primary N) is 1. The normalized spacial score (nSPS) is 11.2. The van der Waals surface area contributed by atoms with Gasteiger partial charge in [-0.2, -0.15) is 0 Å². The van der Waals surface area contributed by atoms with Gasteiger partial charge < -0.3 is 5.73 Å². The van der Waals surface area contributed by atoms with E-state index >= 15 is 0 Å². The van der Waals surface area contributed by atoms with Crippen molar-refractivity contribution in [3.63, 3.8) is 0 Å². The minimum Gasteiger partial charge on any atom is -0.318 e. The summed E-state index contributed by atoms with van der Waals surface area (Å²) in [6.07, 6.45) is 1.47. The van der Waals surface area contributed by atoms with Gasteiger partial charge in [0.1, 0.15) is 6.20 Å². The Morgan fingerprint density at radius 1 is 1.75 bits per heavy atom. The Hall–Kier alpha value is -0.970.